The second-order valence-electron chi connectivity index (χ2n) is 9.34. The fourth-order valence-corrected chi connectivity index (χ4v) is 5.52. The van der Waals surface area contributed by atoms with Crippen LogP contribution in [0.5, 0.6) is 5.75 Å². The number of nitrogens with zero attached hydrogens (tertiary/aromatic N) is 2. The number of rotatable bonds is 5. The Labute approximate surface area is 199 Å². The Bertz CT molecular complexity index is 1220. The summed E-state index contributed by atoms with van der Waals surface area (Å²) in [6.45, 7) is 2.20. The highest BCUT2D eigenvalue weighted by Crippen LogP contribution is 2.53. The molecule has 35 heavy (non-hydrogen) atoms. The molecule has 0 radical (unpaired) electrons. The molecular weight excluding hydrogens is 463 g/mol. The average Bonchev–Trinajstić information content (AvgIpc) is 2.77. The van der Waals surface area contributed by atoms with E-state index in [4.69, 9.17) is 5.73 Å². The lowest BCUT2D eigenvalue weighted by molar-refractivity contribution is -0.153. The molecule has 3 aliphatic carbocycles. The number of Topliss-reactive ketones (excluding diaryl/α,β-unsaturated/α-hetero) is 2. The average molecular weight is 490 g/mol. The normalized spacial score (nSPS) is 28.1. The van der Waals surface area contributed by atoms with Gasteiger partial charge in [0.2, 0.25) is 11.7 Å². The van der Waals surface area contributed by atoms with Crippen molar-refractivity contribution in [3.8, 4) is 5.75 Å². The van der Waals surface area contributed by atoms with Crippen molar-refractivity contribution in [2.24, 2.45) is 17.6 Å². The van der Waals surface area contributed by atoms with Gasteiger partial charge in [0.1, 0.15) is 17.1 Å². The Morgan fingerprint density at radius 1 is 1.29 bits per heavy atom. The summed E-state index contributed by atoms with van der Waals surface area (Å²) in [5.41, 5.74) is 0.846. The molecule has 0 spiro atoms. The number of pyridine rings is 1. The van der Waals surface area contributed by atoms with Crippen LogP contribution in [0.2, 0.25) is 0 Å². The van der Waals surface area contributed by atoms with Crippen LogP contribution in [0.15, 0.2) is 16.9 Å². The quantitative estimate of drug-likeness (QED) is 0.248. The van der Waals surface area contributed by atoms with Crippen LogP contribution in [-0.2, 0) is 20.8 Å². The molecule has 0 saturated heterocycles. The van der Waals surface area contributed by atoms with Crippen LogP contribution >= 0.6 is 0 Å². The number of carbonyl (C=O) groups excluding carboxylic acids is 3. The molecule has 12 heteroatoms. The summed E-state index contributed by atoms with van der Waals surface area (Å²) in [5.74, 6) is -9.08. The fourth-order valence-electron chi connectivity index (χ4n) is 5.52. The summed E-state index contributed by atoms with van der Waals surface area (Å²) in [6, 6.07) is -1.20. The first-order chi connectivity index (χ1) is 16.4. The fraction of sp³-hybridized carbons (Fsp3) is 0.478. The molecular formula is C23H27FN4O7. The number of aliphatic hydroxyl groups excluding tert-OH is 2. The first-order valence-corrected chi connectivity index (χ1v) is 11.2. The van der Waals surface area contributed by atoms with E-state index in [1.54, 1.807) is 0 Å². The number of primary amides is 1. The number of aliphatic hydroxyl groups is 3. The van der Waals surface area contributed by atoms with Gasteiger partial charge in [-0.05, 0) is 39.3 Å². The lowest BCUT2D eigenvalue weighted by Crippen LogP contribution is -2.65. The number of hydrogen-bond donors (Lipinski definition) is 6. The van der Waals surface area contributed by atoms with E-state index in [2.05, 4.69) is 10.3 Å². The minimum absolute atomic E-state index is 0.116. The zero-order chi connectivity index (χ0) is 26.0. The Hall–Kier alpha value is -3.51. The van der Waals surface area contributed by atoms with Crippen LogP contribution in [-0.4, -0.2) is 80.1 Å². The lowest BCUT2D eigenvalue weighted by atomic mass is 9.57. The van der Waals surface area contributed by atoms with Crippen LogP contribution in [0.1, 0.15) is 30.9 Å². The minimum atomic E-state index is -2.74. The predicted octanol–water partition coefficient (Wildman–Crippen LogP) is 0.320. The largest absolute Gasteiger partial charge is 0.508 e. The summed E-state index contributed by atoms with van der Waals surface area (Å²) in [7, 11) is 3.00. The van der Waals surface area contributed by atoms with Crippen molar-refractivity contribution in [1.82, 2.24) is 9.88 Å². The van der Waals surface area contributed by atoms with Crippen LogP contribution in [0.3, 0.4) is 0 Å². The summed E-state index contributed by atoms with van der Waals surface area (Å²) >= 11 is 0. The number of fused-ring (bicyclic) bond motifs is 3. The lowest BCUT2D eigenvalue weighted by Gasteiger charge is -2.50. The first kappa shape index (κ1) is 24.6. The van der Waals surface area contributed by atoms with Gasteiger partial charge in [-0.1, -0.05) is 6.92 Å². The van der Waals surface area contributed by atoms with Crippen molar-refractivity contribution in [3.05, 3.63) is 34.0 Å². The van der Waals surface area contributed by atoms with E-state index in [9.17, 15) is 39.2 Å². The molecule has 0 aromatic carbocycles. The van der Waals surface area contributed by atoms with E-state index in [-0.39, 0.29) is 35.4 Å². The van der Waals surface area contributed by atoms with Crippen molar-refractivity contribution >= 4 is 29.1 Å². The Morgan fingerprint density at radius 3 is 2.51 bits per heavy atom. The van der Waals surface area contributed by atoms with Gasteiger partial charge < -0.3 is 31.5 Å². The second-order valence-corrected chi connectivity index (χ2v) is 9.34. The molecule has 11 nitrogen and oxygen atoms in total. The first-order valence-electron chi connectivity index (χ1n) is 11.2. The molecule has 1 saturated carbocycles. The third-order valence-electron chi connectivity index (χ3n) is 7.08. The van der Waals surface area contributed by atoms with Crippen molar-refractivity contribution in [1.29, 1.82) is 0 Å². The molecule has 0 aliphatic heterocycles. The summed E-state index contributed by atoms with van der Waals surface area (Å²) in [5, 5.41) is 46.9. The standard InChI is InChI=1S/C23H27FN4O7/c1-4-5-26-22-17(31)12-9(20(24)27-22)6-8-7-10-14(28(2)3)16(30)13(21(25)34)19(33)23(10,35)18(32)11(8)15(12)29/h8,10,14,29,31,33,35H,4-7H2,1-3H3,(H2,25,34)(H,26,27)/t8-,10-,14-,23-/m0/s1. The van der Waals surface area contributed by atoms with E-state index >= 15 is 0 Å². The smallest absolute Gasteiger partial charge is 0.255 e. The Balaban J connectivity index is 1.95. The number of aromatic nitrogens is 1. The van der Waals surface area contributed by atoms with Crippen molar-refractivity contribution in [3.63, 3.8) is 0 Å². The van der Waals surface area contributed by atoms with E-state index in [1.165, 1.54) is 19.0 Å². The topological polar surface area (TPSA) is 186 Å². The van der Waals surface area contributed by atoms with Gasteiger partial charge in [0.25, 0.3) is 5.91 Å². The summed E-state index contributed by atoms with van der Waals surface area (Å²) < 4.78 is 15.0. The third-order valence-corrected chi connectivity index (χ3v) is 7.08. The van der Waals surface area contributed by atoms with Gasteiger partial charge in [-0.15, -0.1) is 0 Å². The predicted molar refractivity (Wildman–Crippen MR) is 121 cm³/mol. The van der Waals surface area contributed by atoms with Crippen molar-refractivity contribution in [2.45, 2.75) is 37.8 Å². The van der Waals surface area contributed by atoms with Gasteiger partial charge in [0.05, 0.1) is 11.6 Å². The molecule has 0 unspecified atom stereocenters. The number of nitrogens with two attached hydrogens (primary N) is 1. The molecule has 1 aromatic rings. The minimum Gasteiger partial charge on any atom is -0.508 e. The molecule has 1 fully saturated rings. The highest BCUT2D eigenvalue weighted by molar-refractivity contribution is 6.24. The van der Waals surface area contributed by atoms with Crippen molar-refractivity contribution < 1.29 is 39.2 Å². The SMILES string of the molecule is CCCNc1nc(F)c2c(c1O)C(O)=C1C(=O)[C@]3(O)C(O)=C(C(N)=O)C(=O)[C@@H](N(C)C)[C@@H]3C[C@@H]1C2. The van der Waals surface area contributed by atoms with Gasteiger partial charge in [-0.2, -0.15) is 9.37 Å². The van der Waals surface area contributed by atoms with E-state index in [0.29, 0.717) is 13.0 Å². The number of amides is 1. The van der Waals surface area contributed by atoms with Gasteiger partial charge in [-0.25, -0.2) is 0 Å². The number of hydrogen-bond acceptors (Lipinski definition) is 10. The van der Waals surface area contributed by atoms with E-state index < -0.39 is 69.7 Å². The van der Waals surface area contributed by atoms with Crippen LogP contribution in [0.25, 0.3) is 5.76 Å². The number of likely N-dealkylation sites (N-methyl/N-ethyl adjacent to an activating group) is 1. The maximum absolute atomic E-state index is 15.0. The van der Waals surface area contributed by atoms with Crippen LogP contribution in [0.4, 0.5) is 10.2 Å². The van der Waals surface area contributed by atoms with Gasteiger partial charge >= 0.3 is 0 Å². The van der Waals surface area contributed by atoms with Gasteiger partial charge in [0.15, 0.2) is 23.0 Å². The molecule has 4 atom stereocenters. The van der Waals surface area contributed by atoms with Gasteiger partial charge in [-0.3, -0.25) is 19.3 Å². The zero-order valence-electron chi connectivity index (χ0n) is 19.4. The number of carbonyl (C=O) groups is 3. The Kier molecular flexibility index (Phi) is 5.84. The monoisotopic (exact) mass is 490 g/mol. The number of halogens is 1. The third kappa shape index (κ3) is 3.31. The summed E-state index contributed by atoms with van der Waals surface area (Å²) in [6.07, 6.45) is 0.359. The highest BCUT2D eigenvalue weighted by atomic mass is 19.1. The molecule has 188 valence electrons. The van der Waals surface area contributed by atoms with E-state index in [0.717, 1.165) is 0 Å². The maximum Gasteiger partial charge on any atom is 0.255 e. The van der Waals surface area contributed by atoms with Crippen LogP contribution in [0, 0.1) is 17.8 Å². The summed E-state index contributed by atoms with van der Waals surface area (Å²) in [4.78, 5) is 43.8. The Morgan fingerprint density at radius 2 is 1.94 bits per heavy atom. The number of aromatic hydroxyl groups is 1. The number of anilines is 1. The number of ketones is 2. The van der Waals surface area contributed by atoms with Crippen LogP contribution < -0.4 is 11.1 Å². The second kappa shape index (κ2) is 8.31. The molecule has 4 rings (SSSR count). The highest BCUT2D eigenvalue weighted by Gasteiger charge is 2.64. The molecule has 1 aromatic heterocycles. The molecule has 7 N–H and O–H groups in total. The number of nitrogens with one attached hydrogen (secondary N) is 1. The molecule has 0 bridgehead atoms. The van der Waals surface area contributed by atoms with Gasteiger partial charge in [0, 0.05) is 23.6 Å². The molecule has 3 aliphatic rings. The van der Waals surface area contributed by atoms with Crippen molar-refractivity contribution in [2.75, 3.05) is 26.0 Å². The maximum atomic E-state index is 15.0. The molecule has 1 heterocycles. The molecule has 1 amide bonds. The van der Waals surface area contributed by atoms with E-state index in [1.807, 2.05) is 6.92 Å². The zero-order valence-corrected chi connectivity index (χ0v) is 19.4.